The molecule has 0 atom stereocenters. The molecular weight excluding hydrogens is 342 g/mol. The molecule has 0 spiro atoms. The number of rotatable bonds is 20. The summed E-state index contributed by atoms with van der Waals surface area (Å²) < 4.78 is 5.83. The van der Waals surface area contributed by atoms with Crippen LogP contribution in [-0.4, -0.2) is 13.2 Å². The van der Waals surface area contributed by atoms with E-state index in [1.165, 1.54) is 103 Å². The largest absolute Gasteiger partial charge is 0.494 e. The topological polar surface area (TPSA) is 21.3 Å². The fourth-order valence-corrected chi connectivity index (χ4v) is 3.71. The molecule has 0 bridgehead atoms. The van der Waals surface area contributed by atoms with Crippen molar-refractivity contribution >= 4 is 5.69 Å². The molecule has 162 valence electrons. The van der Waals surface area contributed by atoms with E-state index in [0.717, 1.165) is 24.6 Å². The van der Waals surface area contributed by atoms with Crippen LogP contribution in [0.15, 0.2) is 24.3 Å². The van der Waals surface area contributed by atoms with Crippen molar-refractivity contribution in [3.63, 3.8) is 0 Å². The van der Waals surface area contributed by atoms with Crippen molar-refractivity contribution < 1.29 is 4.74 Å². The first-order valence-corrected chi connectivity index (χ1v) is 12.3. The van der Waals surface area contributed by atoms with E-state index in [4.69, 9.17) is 4.74 Å². The van der Waals surface area contributed by atoms with Crippen LogP contribution in [0.3, 0.4) is 0 Å². The summed E-state index contributed by atoms with van der Waals surface area (Å²) in [6.45, 7) is 6.21. The number of nitrogens with one attached hydrogen (secondary N) is 1. The Labute approximate surface area is 175 Å². The molecule has 28 heavy (non-hydrogen) atoms. The van der Waals surface area contributed by atoms with Gasteiger partial charge in [0.2, 0.25) is 0 Å². The lowest BCUT2D eigenvalue weighted by Crippen LogP contribution is -1.99. The molecule has 0 fully saturated rings. The molecule has 0 aromatic heterocycles. The van der Waals surface area contributed by atoms with Gasteiger partial charge < -0.3 is 10.1 Å². The number of anilines is 1. The Hall–Kier alpha value is -1.18. The smallest absolute Gasteiger partial charge is 0.119 e. The Morgan fingerprint density at radius 3 is 1.43 bits per heavy atom. The molecule has 1 rings (SSSR count). The van der Waals surface area contributed by atoms with Gasteiger partial charge in [-0.05, 0) is 37.6 Å². The van der Waals surface area contributed by atoms with Gasteiger partial charge in [-0.25, -0.2) is 0 Å². The van der Waals surface area contributed by atoms with E-state index in [1.807, 2.05) is 0 Å². The van der Waals surface area contributed by atoms with Gasteiger partial charge in [-0.2, -0.15) is 0 Å². The summed E-state index contributed by atoms with van der Waals surface area (Å²) in [5.41, 5.74) is 1.16. The molecule has 1 aromatic carbocycles. The lowest BCUT2D eigenvalue weighted by atomic mass is 10.0. The molecule has 0 saturated heterocycles. The Balaban J connectivity index is 1.77. The molecule has 0 saturated carbocycles. The van der Waals surface area contributed by atoms with Gasteiger partial charge in [0.25, 0.3) is 0 Å². The number of benzene rings is 1. The van der Waals surface area contributed by atoms with Crippen LogP contribution in [0.1, 0.15) is 117 Å². The Kier molecular flexibility index (Phi) is 17.0. The molecule has 0 unspecified atom stereocenters. The minimum absolute atomic E-state index is 0.846. The van der Waals surface area contributed by atoms with Gasteiger partial charge in [-0.1, -0.05) is 103 Å². The van der Waals surface area contributed by atoms with E-state index in [9.17, 15) is 0 Å². The Morgan fingerprint density at radius 2 is 1.00 bits per heavy atom. The summed E-state index contributed by atoms with van der Waals surface area (Å²) in [6.07, 6.45) is 22.5. The molecular formula is C26H47NO. The minimum Gasteiger partial charge on any atom is -0.494 e. The van der Waals surface area contributed by atoms with Gasteiger partial charge in [0, 0.05) is 12.2 Å². The molecule has 1 aromatic rings. The maximum Gasteiger partial charge on any atom is 0.119 e. The van der Waals surface area contributed by atoms with Gasteiger partial charge in [-0.15, -0.1) is 0 Å². The van der Waals surface area contributed by atoms with Crippen molar-refractivity contribution in [2.24, 2.45) is 0 Å². The number of unbranched alkanes of at least 4 members (excludes halogenated alkanes) is 15. The molecule has 0 aliphatic rings. The quantitative estimate of drug-likeness (QED) is 0.225. The zero-order valence-electron chi connectivity index (χ0n) is 18.9. The van der Waals surface area contributed by atoms with Crippen molar-refractivity contribution in [3.8, 4) is 5.75 Å². The SMILES string of the molecule is CCCCCCCCCCCCCCCCCCOc1ccc(NCC)cc1. The van der Waals surface area contributed by atoms with E-state index in [-0.39, 0.29) is 0 Å². The molecule has 0 aliphatic heterocycles. The van der Waals surface area contributed by atoms with Crippen LogP contribution in [0.2, 0.25) is 0 Å². The predicted molar refractivity (Wildman–Crippen MR) is 126 cm³/mol. The summed E-state index contributed by atoms with van der Waals surface area (Å²) in [4.78, 5) is 0. The summed E-state index contributed by atoms with van der Waals surface area (Å²) in [6, 6.07) is 8.30. The third-order valence-electron chi connectivity index (χ3n) is 5.50. The highest BCUT2D eigenvalue weighted by Gasteiger charge is 1.97. The highest BCUT2D eigenvalue weighted by atomic mass is 16.5. The predicted octanol–water partition coefficient (Wildman–Crippen LogP) is 8.76. The highest BCUT2D eigenvalue weighted by Crippen LogP contribution is 2.17. The molecule has 2 nitrogen and oxygen atoms in total. The fraction of sp³-hybridized carbons (Fsp3) is 0.769. The average Bonchev–Trinajstić information content (AvgIpc) is 2.72. The van der Waals surface area contributed by atoms with Crippen LogP contribution in [-0.2, 0) is 0 Å². The number of hydrogen-bond acceptors (Lipinski definition) is 2. The van der Waals surface area contributed by atoms with Crippen molar-refractivity contribution in [1.82, 2.24) is 0 Å². The second-order valence-electron chi connectivity index (χ2n) is 8.21. The molecule has 0 amide bonds. The summed E-state index contributed by atoms with van der Waals surface area (Å²) >= 11 is 0. The second kappa shape index (κ2) is 19.2. The van der Waals surface area contributed by atoms with Crippen LogP contribution >= 0.6 is 0 Å². The summed E-state index contributed by atoms with van der Waals surface area (Å²) in [7, 11) is 0. The van der Waals surface area contributed by atoms with Crippen molar-refractivity contribution in [2.75, 3.05) is 18.5 Å². The summed E-state index contributed by atoms with van der Waals surface area (Å²) in [5, 5.41) is 3.30. The van der Waals surface area contributed by atoms with Crippen molar-refractivity contribution in [1.29, 1.82) is 0 Å². The maximum absolute atomic E-state index is 5.83. The fourth-order valence-electron chi connectivity index (χ4n) is 3.71. The first-order valence-electron chi connectivity index (χ1n) is 12.3. The number of ether oxygens (including phenoxy) is 1. The minimum atomic E-state index is 0.846. The molecule has 0 heterocycles. The van der Waals surface area contributed by atoms with Crippen LogP contribution in [0.4, 0.5) is 5.69 Å². The molecule has 2 heteroatoms. The monoisotopic (exact) mass is 389 g/mol. The molecule has 1 N–H and O–H groups in total. The van der Waals surface area contributed by atoms with Crippen molar-refractivity contribution in [2.45, 2.75) is 117 Å². The Morgan fingerprint density at radius 1 is 0.571 bits per heavy atom. The van der Waals surface area contributed by atoms with Crippen LogP contribution < -0.4 is 10.1 Å². The molecule has 0 radical (unpaired) electrons. The van der Waals surface area contributed by atoms with Gasteiger partial charge in [0.05, 0.1) is 6.61 Å². The zero-order chi connectivity index (χ0) is 20.1. The maximum atomic E-state index is 5.83. The zero-order valence-corrected chi connectivity index (χ0v) is 18.9. The van der Waals surface area contributed by atoms with Crippen LogP contribution in [0.25, 0.3) is 0 Å². The van der Waals surface area contributed by atoms with E-state index >= 15 is 0 Å². The van der Waals surface area contributed by atoms with E-state index < -0.39 is 0 Å². The van der Waals surface area contributed by atoms with E-state index in [0.29, 0.717) is 0 Å². The van der Waals surface area contributed by atoms with E-state index in [1.54, 1.807) is 0 Å². The van der Waals surface area contributed by atoms with Crippen LogP contribution in [0, 0.1) is 0 Å². The first-order chi connectivity index (χ1) is 13.9. The third kappa shape index (κ3) is 14.8. The summed E-state index contributed by atoms with van der Waals surface area (Å²) in [5.74, 6) is 0.989. The van der Waals surface area contributed by atoms with Gasteiger partial charge in [0.15, 0.2) is 0 Å². The van der Waals surface area contributed by atoms with Gasteiger partial charge in [0.1, 0.15) is 5.75 Å². The first kappa shape index (κ1) is 24.9. The molecule has 0 aliphatic carbocycles. The lowest BCUT2D eigenvalue weighted by Gasteiger charge is -2.08. The average molecular weight is 390 g/mol. The number of hydrogen-bond donors (Lipinski definition) is 1. The standard InChI is InChI=1S/C26H47NO/c1-3-5-6-7-8-9-10-11-12-13-14-15-16-17-18-19-24-28-26-22-20-25(21-23-26)27-4-2/h20-23,27H,3-19,24H2,1-2H3. The van der Waals surface area contributed by atoms with Gasteiger partial charge in [-0.3, -0.25) is 0 Å². The lowest BCUT2D eigenvalue weighted by molar-refractivity contribution is 0.304. The van der Waals surface area contributed by atoms with Gasteiger partial charge >= 0.3 is 0 Å². The third-order valence-corrected chi connectivity index (χ3v) is 5.50. The van der Waals surface area contributed by atoms with Crippen molar-refractivity contribution in [3.05, 3.63) is 24.3 Å². The van der Waals surface area contributed by atoms with Crippen LogP contribution in [0.5, 0.6) is 5.75 Å². The van der Waals surface area contributed by atoms with E-state index in [2.05, 4.69) is 43.4 Å². The Bertz CT molecular complexity index is 429. The normalized spacial score (nSPS) is 10.9. The highest BCUT2D eigenvalue weighted by molar-refractivity contribution is 5.46. The second-order valence-corrected chi connectivity index (χ2v) is 8.21.